The lowest BCUT2D eigenvalue weighted by Gasteiger charge is -2.12. The van der Waals surface area contributed by atoms with E-state index in [0.29, 0.717) is 0 Å². The highest BCUT2D eigenvalue weighted by Crippen LogP contribution is 2.14. The van der Waals surface area contributed by atoms with Gasteiger partial charge in [-0.15, -0.1) is 0 Å². The number of carbonyl (C=O) groups excluding carboxylic acids is 1. The lowest BCUT2D eigenvalue weighted by Crippen LogP contribution is -2.25. The average molecular weight is 176 g/mol. The third-order valence-electron chi connectivity index (χ3n) is 1.98. The van der Waals surface area contributed by atoms with Crippen molar-refractivity contribution in [3.8, 4) is 0 Å². The van der Waals surface area contributed by atoms with Crippen LogP contribution in [-0.4, -0.2) is 5.78 Å². The number of hydrogen-bond acceptors (Lipinski definition) is 2. The standard InChI is InChI=1S/C11H14NO/c1-8(2)11(13)10(12)9-6-4-3-5-7-9/h4-8,10H,12H2,1-2H3. The molecule has 2 N–H and O–H groups in total. The average Bonchev–Trinajstić information content (AvgIpc) is 2.17. The van der Waals surface area contributed by atoms with Gasteiger partial charge in [0.05, 0.1) is 6.04 Å². The van der Waals surface area contributed by atoms with Crippen LogP contribution < -0.4 is 5.73 Å². The van der Waals surface area contributed by atoms with E-state index in [2.05, 4.69) is 6.07 Å². The minimum absolute atomic E-state index is 0.0146. The highest BCUT2D eigenvalue weighted by Gasteiger charge is 2.17. The van der Waals surface area contributed by atoms with Crippen LogP contribution in [0.25, 0.3) is 0 Å². The van der Waals surface area contributed by atoms with Crippen molar-refractivity contribution >= 4 is 5.78 Å². The summed E-state index contributed by atoms with van der Waals surface area (Å²) in [6.07, 6.45) is 0. The molecule has 1 aromatic rings. The van der Waals surface area contributed by atoms with Gasteiger partial charge in [0.2, 0.25) is 0 Å². The zero-order valence-electron chi connectivity index (χ0n) is 7.95. The molecule has 0 saturated heterocycles. The van der Waals surface area contributed by atoms with E-state index in [4.69, 9.17) is 5.73 Å². The molecule has 1 unspecified atom stereocenters. The van der Waals surface area contributed by atoms with Crippen LogP contribution in [0.2, 0.25) is 0 Å². The van der Waals surface area contributed by atoms with E-state index in [1.54, 1.807) is 12.1 Å². The molecule has 69 valence electrons. The van der Waals surface area contributed by atoms with Gasteiger partial charge in [0.25, 0.3) is 0 Å². The second kappa shape index (κ2) is 4.19. The maximum absolute atomic E-state index is 11.5. The van der Waals surface area contributed by atoms with Gasteiger partial charge in [-0.1, -0.05) is 38.1 Å². The molecule has 0 amide bonds. The first-order valence-corrected chi connectivity index (χ1v) is 4.38. The summed E-state index contributed by atoms with van der Waals surface area (Å²) in [6, 6.07) is 9.58. The van der Waals surface area contributed by atoms with Crippen molar-refractivity contribution < 1.29 is 4.79 Å². The van der Waals surface area contributed by atoms with Crippen LogP contribution in [0.3, 0.4) is 0 Å². The van der Waals surface area contributed by atoms with Gasteiger partial charge in [-0.25, -0.2) is 0 Å². The molecule has 2 heteroatoms. The summed E-state index contributed by atoms with van der Waals surface area (Å²) in [7, 11) is 0. The summed E-state index contributed by atoms with van der Waals surface area (Å²) in [5, 5.41) is 0. The van der Waals surface area contributed by atoms with E-state index in [0.717, 1.165) is 5.56 Å². The van der Waals surface area contributed by atoms with Crippen molar-refractivity contribution in [2.75, 3.05) is 0 Å². The third-order valence-corrected chi connectivity index (χ3v) is 1.98. The summed E-state index contributed by atoms with van der Waals surface area (Å²) < 4.78 is 0. The lowest BCUT2D eigenvalue weighted by molar-refractivity contribution is -0.123. The van der Waals surface area contributed by atoms with Crippen molar-refractivity contribution in [1.82, 2.24) is 0 Å². The fourth-order valence-electron chi connectivity index (χ4n) is 1.13. The molecule has 1 aromatic carbocycles. The summed E-state index contributed by atoms with van der Waals surface area (Å²) in [4.78, 5) is 11.5. The molecule has 1 rings (SSSR count). The van der Waals surface area contributed by atoms with Gasteiger partial charge in [0.15, 0.2) is 5.78 Å². The fraction of sp³-hybridized carbons (Fsp3) is 0.364. The van der Waals surface area contributed by atoms with Gasteiger partial charge in [-0.3, -0.25) is 4.79 Å². The fourth-order valence-corrected chi connectivity index (χ4v) is 1.13. The Bertz CT molecular complexity index is 279. The molecule has 0 saturated carbocycles. The van der Waals surface area contributed by atoms with Crippen molar-refractivity contribution in [3.05, 3.63) is 35.9 Å². The number of nitrogens with two attached hydrogens (primary N) is 1. The van der Waals surface area contributed by atoms with Crippen molar-refractivity contribution in [3.63, 3.8) is 0 Å². The van der Waals surface area contributed by atoms with Gasteiger partial charge in [-0.05, 0) is 11.6 Å². The van der Waals surface area contributed by atoms with Gasteiger partial charge < -0.3 is 5.73 Å². The van der Waals surface area contributed by atoms with Crippen LogP contribution in [0.5, 0.6) is 0 Å². The zero-order valence-corrected chi connectivity index (χ0v) is 7.95. The Morgan fingerprint density at radius 3 is 2.38 bits per heavy atom. The molecule has 1 radical (unpaired) electrons. The van der Waals surface area contributed by atoms with E-state index in [1.165, 1.54) is 0 Å². The van der Waals surface area contributed by atoms with Crippen LogP contribution in [-0.2, 0) is 4.79 Å². The Morgan fingerprint density at radius 1 is 1.38 bits per heavy atom. The largest absolute Gasteiger partial charge is 0.318 e. The number of rotatable bonds is 3. The summed E-state index contributed by atoms with van der Waals surface area (Å²) in [5.74, 6) is 0.0605. The smallest absolute Gasteiger partial charge is 0.156 e. The number of carbonyl (C=O) groups is 1. The Labute approximate surface area is 78.8 Å². The van der Waals surface area contributed by atoms with Crippen LogP contribution in [0.4, 0.5) is 0 Å². The maximum atomic E-state index is 11.5. The molecule has 0 aliphatic rings. The van der Waals surface area contributed by atoms with Gasteiger partial charge in [0, 0.05) is 5.92 Å². The molecule has 2 nitrogen and oxygen atoms in total. The molecule has 1 atom stereocenters. The molecular formula is C11H14NO. The first-order valence-electron chi connectivity index (χ1n) is 4.38. The SMILES string of the molecule is CC(C)C(=O)C(N)c1cc[c]cc1. The Kier molecular flexibility index (Phi) is 3.20. The normalized spacial score (nSPS) is 12.9. The Morgan fingerprint density at radius 2 is 1.92 bits per heavy atom. The number of Topliss-reactive ketones (excluding diaryl/α,β-unsaturated/α-hetero) is 1. The minimum Gasteiger partial charge on any atom is -0.318 e. The first kappa shape index (κ1) is 9.93. The first-order chi connectivity index (χ1) is 6.13. The quantitative estimate of drug-likeness (QED) is 0.761. The Hall–Kier alpha value is -1.15. The maximum Gasteiger partial charge on any atom is 0.156 e. The van der Waals surface area contributed by atoms with Crippen molar-refractivity contribution in [2.45, 2.75) is 19.9 Å². The van der Waals surface area contributed by atoms with Crippen molar-refractivity contribution in [1.29, 1.82) is 0 Å². The molecule has 0 spiro atoms. The molecule has 0 bridgehead atoms. The van der Waals surface area contributed by atoms with Crippen LogP contribution in [0.1, 0.15) is 25.5 Å². The molecule has 0 aromatic heterocycles. The summed E-state index contributed by atoms with van der Waals surface area (Å²) in [5.41, 5.74) is 6.63. The summed E-state index contributed by atoms with van der Waals surface area (Å²) >= 11 is 0. The van der Waals surface area contributed by atoms with Crippen LogP contribution in [0.15, 0.2) is 24.3 Å². The number of benzene rings is 1. The van der Waals surface area contributed by atoms with E-state index in [9.17, 15) is 4.79 Å². The van der Waals surface area contributed by atoms with Crippen LogP contribution in [0, 0.1) is 12.0 Å². The van der Waals surface area contributed by atoms with Gasteiger partial charge in [0.1, 0.15) is 0 Å². The predicted octanol–water partition coefficient (Wildman–Crippen LogP) is 1.71. The van der Waals surface area contributed by atoms with Gasteiger partial charge >= 0.3 is 0 Å². The number of hydrogen-bond donors (Lipinski definition) is 1. The van der Waals surface area contributed by atoms with E-state index in [-0.39, 0.29) is 11.7 Å². The highest BCUT2D eigenvalue weighted by molar-refractivity contribution is 5.86. The monoisotopic (exact) mass is 176 g/mol. The Balaban J connectivity index is 2.80. The third kappa shape index (κ3) is 2.39. The second-order valence-electron chi connectivity index (χ2n) is 3.37. The topological polar surface area (TPSA) is 43.1 Å². The van der Waals surface area contributed by atoms with E-state index in [1.807, 2.05) is 26.0 Å². The second-order valence-corrected chi connectivity index (χ2v) is 3.37. The molecule has 13 heavy (non-hydrogen) atoms. The summed E-state index contributed by atoms with van der Waals surface area (Å²) in [6.45, 7) is 3.72. The molecule has 0 fully saturated rings. The van der Waals surface area contributed by atoms with E-state index < -0.39 is 6.04 Å². The van der Waals surface area contributed by atoms with Crippen molar-refractivity contribution in [2.24, 2.45) is 11.7 Å². The lowest BCUT2D eigenvalue weighted by atomic mass is 9.96. The molecular weight excluding hydrogens is 162 g/mol. The molecule has 0 aliphatic heterocycles. The molecule has 0 heterocycles. The minimum atomic E-state index is -0.491. The van der Waals surface area contributed by atoms with E-state index >= 15 is 0 Å². The molecule has 0 aliphatic carbocycles. The highest BCUT2D eigenvalue weighted by atomic mass is 16.1. The zero-order chi connectivity index (χ0) is 9.84. The number of ketones is 1. The predicted molar refractivity (Wildman–Crippen MR) is 52.1 cm³/mol. The van der Waals surface area contributed by atoms with Gasteiger partial charge in [-0.2, -0.15) is 0 Å². The van der Waals surface area contributed by atoms with Crippen LogP contribution >= 0.6 is 0 Å².